The van der Waals surface area contributed by atoms with E-state index >= 15 is 0 Å². The Hall–Kier alpha value is -2.97. The highest BCUT2D eigenvalue weighted by Crippen LogP contribution is 2.11. The van der Waals surface area contributed by atoms with Crippen LogP contribution >= 0.6 is 0 Å². The van der Waals surface area contributed by atoms with Gasteiger partial charge in [0.1, 0.15) is 0 Å². The van der Waals surface area contributed by atoms with E-state index in [4.69, 9.17) is 0 Å². The van der Waals surface area contributed by atoms with Crippen molar-refractivity contribution in [2.24, 2.45) is 0 Å². The summed E-state index contributed by atoms with van der Waals surface area (Å²) in [5, 5.41) is 4.31. The fourth-order valence-corrected chi connectivity index (χ4v) is 4.01. The lowest BCUT2D eigenvalue weighted by Crippen LogP contribution is -2.45. The number of hydrogen-bond acceptors (Lipinski definition) is 4. The third kappa shape index (κ3) is 4.65. The van der Waals surface area contributed by atoms with Crippen molar-refractivity contribution in [3.8, 4) is 5.69 Å². The van der Waals surface area contributed by atoms with Crippen molar-refractivity contribution in [3.05, 3.63) is 78.6 Å². The van der Waals surface area contributed by atoms with Gasteiger partial charge in [-0.2, -0.15) is 9.82 Å². The maximum Gasteiger partial charge on any atom is 0.241 e. The average molecular weight is 398 g/mol. The number of rotatable bonds is 7. The molecule has 1 amide bonds. The Morgan fingerprint density at radius 3 is 2.36 bits per heavy atom. The quantitative estimate of drug-likeness (QED) is 0.661. The molecule has 3 rings (SSSR count). The minimum Gasteiger partial charge on any atom is -0.340 e. The van der Waals surface area contributed by atoms with Crippen molar-refractivity contribution in [2.75, 3.05) is 7.05 Å². The van der Waals surface area contributed by atoms with Crippen LogP contribution in [0.1, 0.15) is 12.5 Å². The molecule has 28 heavy (non-hydrogen) atoms. The summed E-state index contributed by atoms with van der Waals surface area (Å²) in [4.78, 5) is 14.2. The molecule has 0 bridgehead atoms. The van der Waals surface area contributed by atoms with E-state index in [0.717, 1.165) is 11.3 Å². The van der Waals surface area contributed by atoms with Crippen LogP contribution in [0.15, 0.2) is 78.0 Å². The maximum absolute atomic E-state index is 12.6. The maximum atomic E-state index is 12.6. The number of hydrogen-bond donors (Lipinski definition) is 1. The minimum absolute atomic E-state index is 0.126. The number of para-hydroxylation sites is 1. The topological polar surface area (TPSA) is 84.3 Å². The Balaban J connectivity index is 1.64. The van der Waals surface area contributed by atoms with Crippen LogP contribution in [-0.2, 0) is 21.4 Å². The van der Waals surface area contributed by atoms with Gasteiger partial charge in [0.15, 0.2) is 0 Å². The number of benzene rings is 2. The van der Waals surface area contributed by atoms with E-state index in [1.165, 1.54) is 24.0 Å². The lowest BCUT2D eigenvalue weighted by Gasteiger charge is -2.21. The van der Waals surface area contributed by atoms with E-state index in [-0.39, 0.29) is 10.8 Å². The van der Waals surface area contributed by atoms with E-state index in [1.54, 1.807) is 36.1 Å². The average Bonchev–Trinajstić information content (AvgIpc) is 3.17. The van der Waals surface area contributed by atoms with Gasteiger partial charge in [-0.05, 0) is 31.2 Å². The summed E-state index contributed by atoms with van der Waals surface area (Å²) >= 11 is 0. The molecule has 3 aromatic rings. The normalized spacial score (nSPS) is 12.5. The van der Waals surface area contributed by atoms with Crippen molar-refractivity contribution in [1.29, 1.82) is 0 Å². The number of carbonyl (C=O) groups is 1. The first-order valence-electron chi connectivity index (χ1n) is 8.78. The fourth-order valence-electron chi connectivity index (χ4n) is 2.80. The minimum atomic E-state index is -3.76. The number of carbonyl (C=O) groups excluding carboxylic acids is 1. The van der Waals surface area contributed by atoms with Crippen molar-refractivity contribution in [2.45, 2.75) is 24.4 Å². The summed E-state index contributed by atoms with van der Waals surface area (Å²) in [7, 11) is -2.12. The number of aromatic nitrogens is 2. The highest BCUT2D eigenvalue weighted by atomic mass is 32.2. The van der Waals surface area contributed by atoms with Crippen LogP contribution in [0.3, 0.4) is 0 Å². The number of nitrogens with zero attached hydrogens (tertiary/aromatic N) is 3. The molecule has 0 radical (unpaired) electrons. The number of likely N-dealkylation sites (N-methyl/N-ethyl adjacent to an activating group) is 1. The first-order valence-corrected chi connectivity index (χ1v) is 10.3. The van der Waals surface area contributed by atoms with Crippen LogP contribution in [0.5, 0.6) is 0 Å². The molecule has 1 N–H and O–H groups in total. The third-order valence-electron chi connectivity index (χ3n) is 4.21. The molecule has 0 aliphatic carbocycles. The second-order valence-electron chi connectivity index (χ2n) is 6.48. The van der Waals surface area contributed by atoms with Crippen LogP contribution in [0.4, 0.5) is 0 Å². The van der Waals surface area contributed by atoms with Gasteiger partial charge in [0.05, 0.1) is 22.8 Å². The molecule has 0 aliphatic rings. The van der Waals surface area contributed by atoms with E-state index in [0.29, 0.717) is 6.54 Å². The molecule has 1 heterocycles. The molecule has 146 valence electrons. The summed E-state index contributed by atoms with van der Waals surface area (Å²) in [6.45, 7) is 1.86. The first-order chi connectivity index (χ1) is 13.4. The van der Waals surface area contributed by atoms with Crippen molar-refractivity contribution in [3.63, 3.8) is 0 Å². The molecular weight excluding hydrogens is 376 g/mol. The molecular formula is C20H22N4O3S. The molecule has 0 fully saturated rings. The zero-order chi connectivity index (χ0) is 20.1. The van der Waals surface area contributed by atoms with Gasteiger partial charge < -0.3 is 4.90 Å². The Morgan fingerprint density at radius 2 is 1.71 bits per heavy atom. The predicted molar refractivity (Wildman–Crippen MR) is 106 cm³/mol. The SMILES string of the molecule is C[C@H](NS(=O)(=O)c1ccccc1)C(=O)N(C)Cc1cnn(-c2ccccc2)c1. The predicted octanol–water partition coefficient (Wildman–Crippen LogP) is 2.20. The third-order valence-corrected chi connectivity index (χ3v) is 5.77. The van der Waals surface area contributed by atoms with Gasteiger partial charge in [-0.25, -0.2) is 13.1 Å². The van der Waals surface area contributed by atoms with Gasteiger partial charge in [-0.15, -0.1) is 0 Å². The van der Waals surface area contributed by atoms with Crippen LogP contribution in [-0.4, -0.2) is 42.1 Å². The Labute approximate surface area is 164 Å². The zero-order valence-electron chi connectivity index (χ0n) is 15.7. The fraction of sp³-hybridized carbons (Fsp3) is 0.200. The van der Waals surface area contributed by atoms with Crippen LogP contribution in [0.25, 0.3) is 5.69 Å². The highest BCUT2D eigenvalue weighted by molar-refractivity contribution is 7.89. The van der Waals surface area contributed by atoms with Gasteiger partial charge in [0.25, 0.3) is 0 Å². The van der Waals surface area contributed by atoms with E-state index < -0.39 is 16.1 Å². The van der Waals surface area contributed by atoms with Crippen molar-refractivity contribution in [1.82, 2.24) is 19.4 Å². The van der Waals surface area contributed by atoms with E-state index in [2.05, 4.69) is 9.82 Å². The van der Waals surface area contributed by atoms with E-state index in [1.807, 2.05) is 36.5 Å². The summed E-state index contributed by atoms with van der Waals surface area (Å²) in [5.41, 5.74) is 1.77. The molecule has 2 aromatic carbocycles. The molecule has 0 unspecified atom stereocenters. The Kier molecular flexibility index (Phi) is 5.91. The highest BCUT2D eigenvalue weighted by Gasteiger charge is 2.24. The second kappa shape index (κ2) is 8.37. The molecule has 1 aromatic heterocycles. The van der Waals surface area contributed by atoms with Gasteiger partial charge in [-0.1, -0.05) is 36.4 Å². The summed E-state index contributed by atoms with van der Waals surface area (Å²) in [6, 6.07) is 16.7. The van der Waals surface area contributed by atoms with Gasteiger partial charge in [-0.3, -0.25) is 4.79 Å². The molecule has 7 nitrogen and oxygen atoms in total. The summed E-state index contributed by atoms with van der Waals surface area (Å²) < 4.78 is 28.9. The number of amides is 1. The zero-order valence-corrected chi connectivity index (χ0v) is 16.5. The first kappa shape index (κ1) is 19.8. The standard InChI is InChI=1S/C20H22N4O3S/c1-16(22-28(26,27)19-11-7-4-8-12-19)20(25)23(2)14-17-13-21-24(15-17)18-9-5-3-6-10-18/h3-13,15-16,22H,14H2,1-2H3/t16-/m0/s1. The van der Waals surface area contributed by atoms with Crippen molar-refractivity contribution >= 4 is 15.9 Å². The number of sulfonamides is 1. The summed E-state index contributed by atoms with van der Waals surface area (Å²) in [5.74, 6) is -0.327. The second-order valence-corrected chi connectivity index (χ2v) is 8.19. The molecule has 0 spiro atoms. The van der Waals surface area contributed by atoms with Gasteiger partial charge >= 0.3 is 0 Å². The monoisotopic (exact) mass is 398 g/mol. The largest absolute Gasteiger partial charge is 0.340 e. The Morgan fingerprint density at radius 1 is 1.11 bits per heavy atom. The van der Waals surface area contributed by atoms with E-state index in [9.17, 15) is 13.2 Å². The number of nitrogens with one attached hydrogen (secondary N) is 1. The smallest absolute Gasteiger partial charge is 0.241 e. The van der Waals surface area contributed by atoms with Gasteiger partial charge in [0, 0.05) is 25.4 Å². The van der Waals surface area contributed by atoms with Crippen LogP contribution in [0, 0.1) is 0 Å². The lowest BCUT2D eigenvalue weighted by molar-refractivity contribution is -0.131. The molecule has 8 heteroatoms. The Bertz CT molecular complexity index is 1030. The van der Waals surface area contributed by atoms with Crippen LogP contribution in [0.2, 0.25) is 0 Å². The molecule has 1 atom stereocenters. The van der Waals surface area contributed by atoms with Crippen molar-refractivity contribution < 1.29 is 13.2 Å². The van der Waals surface area contributed by atoms with Gasteiger partial charge in [0.2, 0.25) is 15.9 Å². The summed E-state index contributed by atoms with van der Waals surface area (Å²) in [6.07, 6.45) is 3.54. The molecule has 0 aliphatic heterocycles. The lowest BCUT2D eigenvalue weighted by atomic mass is 10.2. The van der Waals surface area contributed by atoms with Crippen LogP contribution < -0.4 is 4.72 Å². The molecule has 0 saturated carbocycles. The molecule has 0 saturated heterocycles.